The number of carbonyl (C=O) groups is 1. The molecule has 0 spiro atoms. The van der Waals surface area contributed by atoms with E-state index in [-0.39, 0.29) is 29.6 Å². The number of carbonyl (C=O) groups excluding carboxylic acids is 1. The second kappa shape index (κ2) is 8.33. The molecule has 1 amide bonds. The Morgan fingerprint density at radius 1 is 1.00 bits per heavy atom. The molecule has 1 saturated heterocycles. The first-order chi connectivity index (χ1) is 13.6. The van der Waals surface area contributed by atoms with Crippen molar-refractivity contribution in [1.29, 1.82) is 0 Å². The lowest BCUT2D eigenvalue weighted by Gasteiger charge is -2.31. The first-order valence-electron chi connectivity index (χ1n) is 8.81. The Hall–Kier alpha value is -2.10. The largest absolute Gasteiger partial charge is 0.416 e. The van der Waals surface area contributed by atoms with Crippen molar-refractivity contribution in [1.82, 2.24) is 9.62 Å². The van der Waals surface area contributed by atoms with Gasteiger partial charge < -0.3 is 5.32 Å². The van der Waals surface area contributed by atoms with Gasteiger partial charge in [-0.15, -0.1) is 0 Å². The van der Waals surface area contributed by atoms with E-state index < -0.39 is 27.7 Å². The monoisotopic (exact) mass is 446 g/mol. The van der Waals surface area contributed by atoms with Gasteiger partial charge in [0.1, 0.15) is 0 Å². The number of rotatable bonds is 4. The van der Waals surface area contributed by atoms with Crippen molar-refractivity contribution in [3.05, 3.63) is 64.7 Å². The molecule has 156 valence electrons. The molecule has 2 aromatic rings. The maximum absolute atomic E-state index is 12.7. The first kappa shape index (κ1) is 21.6. The molecule has 10 heteroatoms. The van der Waals surface area contributed by atoms with Gasteiger partial charge in [-0.3, -0.25) is 4.79 Å². The number of hydrogen-bond donors (Lipinski definition) is 1. The van der Waals surface area contributed by atoms with Crippen LogP contribution in [0.2, 0.25) is 5.02 Å². The van der Waals surface area contributed by atoms with Gasteiger partial charge in [0, 0.05) is 29.7 Å². The van der Waals surface area contributed by atoms with Crippen molar-refractivity contribution in [2.75, 3.05) is 13.1 Å². The molecule has 0 radical (unpaired) electrons. The van der Waals surface area contributed by atoms with E-state index in [4.69, 9.17) is 11.6 Å². The summed E-state index contributed by atoms with van der Waals surface area (Å²) in [6, 6.07) is 9.59. The zero-order valence-corrected chi connectivity index (χ0v) is 16.7. The Kier molecular flexibility index (Phi) is 6.21. The van der Waals surface area contributed by atoms with Crippen LogP contribution in [-0.4, -0.2) is 37.8 Å². The summed E-state index contributed by atoms with van der Waals surface area (Å²) in [5.74, 6) is -0.488. The molecule has 29 heavy (non-hydrogen) atoms. The molecule has 0 unspecified atom stereocenters. The molecule has 1 heterocycles. The van der Waals surface area contributed by atoms with E-state index in [0.29, 0.717) is 17.9 Å². The third-order valence-corrected chi connectivity index (χ3v) is 6.88. The van der Waals surface area contributed by atoms with Crippen molar-refractivity contribution < 1.29 is 26.4 Å². The molecule has 0 bridgehead atoms. The highest BCUT2D eigenvalue weighted by atomic mass is 35.5. The van der Waals surface area contributed by atoms with Gasteiger partial charge >= 0.3 is 6.18 Å². The molecule has 5 nitrogen and oxygen atoms in total. The minimum Gasteiger partial charge on any atom is -0.349 e. The van der Waals surface area contributed by atoms with Gasteiger partial charge in [-0.1, -0.05) is 11.6 Å². The van der Waals surface area contributed by atoms with Crippen LogP contribution < -0.4 is 5.32 Å². The zero-order valence-electron chi connectivity index (χ0n) is 15.1. The van der Waals surface area contributed by atoms with Crippen molar-refractivity contribution in [3.8, 4) is 0 Å². The van der Waals surface area contributed by atoms with Gasteiger partial charge in [0.15, 0.2) is 0 Å². The number of sulfonamides is 1. The number of benzene rings is 2. The topological polar surface area (TPSA) is 66.5 Å². The van der Waals surface area contributed by atoms with Crippen LogP contribution in [0.4, 0.5) is 13.2 Å². The second-order valence-electron chi connectivity index (χ2n) is 6.68. The normalized spacial score (nSPS) is 16.6. The highest BCUT2D eigenvalue weighted by Gasteiger charge is 2.31. The summed E-state index contributed by atoms with van der Waals surface area (Å²) in [6.45, 7) is 0.450. The summed E-state index contributed by atoms with van der Waals surface area (Å²) in [5, 5.41) is 3.19. The van der Waals surface area contributed by atoms with Crippen LogP contribution in [0.5, 0.6) is 0 Å². The SMILES string of the molecule is O=C(NC1CCN(S(=O)(=O)c2ccc(Cl)cc2)CC1)c1ccc(C(F)(F)F)cc1. The number of piperidine rings is 1. The molecular weight excluding hydrogens is 429 g/mol. The summed E-state index contributed by atoms with van der Waals surface area (Å²) >= 11 is 5.79. The number of nitrogens with zero attached hydrogens (tertiary/aromatic N) is 1. The number of alkyl halides is 3. The highest BCUT2D eigenvalue weighted by Crippen LogP contribution is 2.29. The van der Waals surface area contributed by atoms with Gasteiger partial charge in [0.2, 0.25) is 10.0 Å². The smallest absolute Gasteiger partial charge is 0.349 e. The Bertz CT molecular complexity index is 969. The van der Waals surface area contributed by atoms with E-state index in [1.165, 1.54) is 28.6 Å². The van der Waals surface area contributed by atoms with Gasteiger partial charge in [-0.2, -0.15) is 17.5 Å². The first-order valence-corrected chi connectivity index (χ1v) is 10.6. The Morgan fingerprint density at radius 2 is 1.55 bits per heavy atom. The molecule has 0 aliphatic carbocycles. The maximum Gasteiger partial charge on any atom is 0.416 e. The summed E-state index contributed by atoms with van der Waals surface area (Å²) in [5.41, 5.74) is -0.705. The third-order valence-electron chi connectivity index (χ3n) is 4.71. The molecule has 2 aromatic carbocycles. The fourth-order valence-electron chi connectivity index (χ4n) is 3.08. The van der Waals surface area contributed by atoms with Crippen LogP contribution >= 0.6 is 11.6 Å². The average Bonchev–Trinajstić information content (AvgIpc) is 2.68. The lowest BCUT2D eigenvalue weighted by atomic mass is 10.1. The summed E-state index contributed by atoms with van der Waals surface area (Å²) < 4.78 is 64.5. The van der Waals surface area contributed by atoms with E-state index >= 15 is 0 Å². The van der Waals surface area contributed by atoms with E-state index in [1.807, 2.05) is 0 Å². The van der Waals surface area contributed by atoms with Crippen LogP contribution in [-0.2, 0) is 16.2 Å². The number of hydrogen-bond acceptors (Lipinski definition) is 3. The van der Waals surface area contributed by atoms with Crippen LogP contribution in [0.3, 0.4) is 0 Å². The summed E-state index contributed by atoms with van der Waals surface area (Å²) in [7, 11) is -3.65. The third kappa shape index (κ3) is 5.09. The summed E-state index contributed by atoms with van der Waals surface area (Å²) in [6.07, 6.45) is -3.66. The highest BCUT2D eigenvalue weighted by molar-refractivity contribution is 7.89. The molecule has 0 saturated carbocycles. The lowest BCUT2D eigenvalue weighted by Crippen LogP contribution is -2.46. The van der Waals surface area contributed by atoms with Crippen molar-refractivity contribution >= 4 is 27.5 Å². The number of amides is 1. The Labute approximate surface area is 171 Å². The Balaban J connectivity index is 1.58. The van der Waals surface area contributed by atoms with E-state index in [2.05, 4.69) is 5.32 Å². The molecule has 3 rings (SSSR count). The van der Waals surface area contributed by atoms with Gasteiger partial charge in [0.05, 0.1) is 10.5 Å². The van der Waals surface area contributed by atoms with Gasteiger partial charge in [-0.25, -0.2) is 8.42 Å². The Morgan fingerprint density at radius 3 is 2.07 bits per heavy atom. The number of halogens is 4. The van der Waals surface area contributed by atoms with Crippen LogP contribution in [0.15, 0.2) is 53.4 Å². The molecule has 0 aromatic heterocycles. The van der Waals surface area contributed by atoms with E-state index in [0.717, 1.165) is 24.3 Å². The predicted molar refractivity (Wildman–Crippen MR) is 102 cm³/mol. The van der Waals surface area contributed by atoms with Crippen LogP contribution in [0.25, 0.3) is 0 Å². The zero-order chi connectivity index (χ0) is 21.2. The van der Waals surface area contributed by atoms with E-state index in [9.17, 15) is 26.4 Å². The minimum atomic E-state index is -4.46. The van der Waals surface area contributed by atoms with Crippen molar-refractivity contribution in [2.45, 2.75) is 30.0 Å². The van der Waals surface area contributed by atoms with Gasteiger partial charge in [0.25, 0.3) is 5.91 Å². The fourth-order valence-corrected chi connectivity index (χ4v) is 4.67. The quantitative estimate of drug-likeness (QED) is 0.773. The van der Waals surface area contributed by atoms with E-state index in [1.54, 1.807) is 0 Å². The minimum absolute atomic E-state index is 0.120. The average molecular weight is 447 g/mol. The lowest BCUT2D eigenvalue weighted by molar-refractivity contribution is -0.137. The van der Waals surface area contributed by atoms with Crippen molar-refractivity contribution in [3.63, 3.8) is 0 Å². The number of nitrogens with one attached hydrogen (secondary N) is 1. The standard InChI is InChI=1S/C19H18ClF3N2O3S/c20-15-5-7-17(8-6-15)29(27,28)25-11-9-16(10-12-25)24-18(26)13-1-3-14(4-2-13)19(21,22)23/h1-8,16H,9-12H2,(H,24,26). The molecule has 1 N–H and O–H groups in total. The molecule has 1 fully saturated rings. The predicted octanol–water partition coefficient (Wildman–Crippen LogP) is 3.94. The molecule has 0 atom stereocenters. The summed E-state index contributed by atoms with van der Waals surface area (Å²) in [4.78, 5) is 12.4. The van der Waals surface area contributed by atoms with Gasteiger partial charge in [-0.05, 0) is 61.4 Å². The molecular formula is C19H18ClF3N2O3S. The van der Waals surface area contributed by atoms with Crippen molar-refractivity contribution in [2.24, 2.45) is 0 Å². The maximum atomic E-state index is 12.7. The van der Waals surface area contributed by atoms with Crippen LogP contribution in [0, 0.1) is 0 Å². The molecule has 1 aliphatic heterocycles. The molecule has 1 aliphatic rings. The van der Waals surface area contributed by atoms with Crippen LogP contribution in [0.1, 0.15) is 28.8 Å². The second-order valence-corrected chi connectivity index (χ2v) is 9.06. The fraction of sp³-hybridized carbons (Fsp3) is 0.316.